The molecule has 0 aliphatic carbocycles. The van der Waals surface area contributed by atoms with E-state index in [-0.39, 0.29) is 6.04 Å². The SMILES string of the molecule is CN(C(=O)O)C1CCN(c2cccc(N)n2)C1. The van der Waals surface area contributed by atoms with Crippen molar-refractivity contribution >= 4 is 17.7 Å². The van der Waals surface area contributed by atoms with Gasteiger partial charge < -0.3 is 20.6 Å². The van der Waals surface area contributed by atoms with Gasteiger partial charge in [-0.3, -0.25) is 0 Å². The Bertz CT molecular complexity index is 424. The van der Waals surface area contributed by atoms with Crippen molar-refractivity contribution in [2.45, 2.75) is 12.5 Å². The number of pyridine rings is 1. The fourth-order valence-corrected chi connectivity index (χ4v) is 2.04. The van der Waals surface area contributed by atoms with Crippen LogP contribution in [0.3, 0.4) is 0 Å². The van der Waals surface area contributed by atoms with Crippen LogP contribution in [0.15, 0.2) is 18.2 Å². The van der Waals surface area contributed by atoms with Crippen LogP contribution in [-0.2, 0) is 0 Å². The Balaban J connectivity index is 2.05. The van der Waals surface area contributed by atoms with Crippen molar-refractivity contribution in [2.24, 2.45) is 0 Å². The average Bonchev–Trinajstić information content (AvgIpc) is 2.77. The standard InChI is InChI=1S/C11H16N4O2/c1-14(11(16)17)8-5-6-15(7-8)10-4-2-3-9(12)13-10/h2-4,8H,5-7H2,1H3,(H2,12,13)(H,16,17). The molecule has 0 radical (unpaired) electrons. The molecule has 1 amide bonds. The van der Waals surface area contributed by atoms with Gasteiger partial charge in [-0.05, 0) is 18.6 Å². The van der Waals surface area contributed by atoms with E-state index in [1.165, 1.54) is 4.90 Å². The Kier molecular flexibility index (Phi) is 3.03. The van der Waals surface area contributed by atoms with Gasteiger partial charge in [0.15, 0.2) is 0 Å². The molecule has 6 heteroatoms. The third kappa shape index (κ3) is 2.41. The molecule has 2 heterocycles. The zero-order chi connectivity index (χ0) is 12.4. The van der Waals surface area contributed by atoms with Crippen LogP contribution in [0.2, 0.25) is 0 Å². The van der Waals surface area contributed by atoms with E-state index in [1.807, 2.05) is 12.1 Å². The minimum Gasteiger partial charge on any atom is -0.465 e. The predicted molar refractivity (Wildman–Crippen MR) is 65.1 cm³/mol. The number of nitrogens with zero attached hydrogens (tertiary/aromatic N) is 3. The van der Waals surface area contributed by atoms with E-state index < -0.39 is 6.09 Å². The molecule has 17 heavy (non-hydrogen) atoms. The molecule has 1 aromatic rings. The van der Waals surface area contributed by atoms with E-state index in [4.69, 9.17) is 10.8 Å². The molecule has 1 aromatic heterocycles. The van der Waals surface area contributed by atoms with Gasteiger partial charge in [0.2, 0.25) is 0 Å². The van der Waals surface area contributed by atoms with Crippen LogP contribution >= 0.6 is 0 Å². The fraction of sp³-hybridized carbons (Fsp3) is 0.455. The Morgan fingerprint density at radius 3 is 3.06 bits per heavy atom. The molecule has 0 saturated carbocycles. The summed E-state index contributed by atoms with van der Waals surface area (Å²) in [5.74, 6) is 1.30. The molecule has 0 bridgehead atoms. The highest BCUT2D eigenvalue weighted by atomic mass is 16.4. The lowest BCUT2D eigenvalue weighted by Crippen LogP contribution is -2.38. The first-order chi connectivity index (χ1) is 8.08. The topological polar surface area (TPSA) is 82.7 Å². The smallest absolute Gasteiger partial charge is 0.407 e. The van der Waals surface area contributed by atoms with Crippen molar-refractivity contribution in [1.29, 1.82) is 0 Å². The molecule has 3 N–H and O–H groups in total. The lowest BCUT2D eigenvalue weighted by Gasteiger charge is -2.22. The summed E-state index contributed by atoms with van der Waals surface area (Å²) in [6.07, 6.45) is -0.0726. The summed E-state index contributed by atoms with van der Waals surface area (Å²) in [5, 5.41) is 8.92. The molecule has 1 aliphatic heterocycles. The van der Waals surface area contributed by atoms with Gasteiger partial charge in [0.1, 0.15) is 11.6 Å². The van der Waals surface area contributed by atoms with E-state index in [1.54, 1.807) is 13.1 Å². The highest BCUT2D eigenvalue weighted by molar-refractivity contribution is 5.65. The number of aromatic nitrogens is 1. The summed E-state index contributed by atoms with van der Waals surface area (Å²) in [6, 6.07) is 5.50. The maximum Gasteiger partial charge on any atom is 0.407 e. The van der Waals surface area contributed by atoms with Crippen molar-refractivity contribution in [1.82, 2.24) is 9.88 Å². The van der Waals surface area contributed by atoms with Crippen LogP contribution in [0, 0.1) is 0 Å². The van der Waals surface area contributed by atoms with Gasteiger partial charge >= 0.3 is 6.09 Å². The molecule has 1 unspecified atom stereocenters. The van der Waals surface area contributed by atoms with E-state index >= 15 is 0 Å². The number of likely N-dealkylation sites (N-methyl/N-ethyl adjacent to an activating group) is 1. The quantitative estimate of drug-likeness (QED) is 0.795. The molecule has 1 saturated heterocycles. The van der Waals surface area contributed by atoms with E-state index in [2.05, 4.69) is 9.88 Å². The first kappa shape index (κ1) is 11.5. The van der Waals surface area contributed by atoms with Gasteiger partial charge in [0, 0.05) is 20.1 Å². The van der Waals surface area contributed by atoms with Gasteiger partial charge in [-0.15, -0.1) is 0 Å². The number of carbonyl (C=O) groups is 1. The van der Waals surface area contributed by atoms with Gasteiger partial charge in [0.05, 0.1) is 6.04 Å². The predicted octanol–water partition coefficient (Wildman–Crippen LogP) is 0.852. The number of hydrogen-bond acceptors (Lipinski definition) is 4. The minimum atomic E-state index is -0.891. The van der Waals surface area contributed by atoms with Crippen molar-refractivity contribution < 1.29 is 9.90 Å². The van der Waals surface area contributed by atoms with Crippen molar-refractivity contribution in [3.05, 3.63) is 18.2 Å². The van der Waals surface area contributed by atoms with Crippen LogP contribution in [0.1, 0.15) is 6.42 Å². The van der Waals surface area contributed by atoms with Gasteiger partial charge in [-0.25, -0.2) is 9.78 Å². The van der Waals surface area contributed by atoms with Crippen molar-refractivity contribution in [3.63, 3.8) is 0 Å². The lowest BCUT2D eigenvalue weighted by molar-refractivity contribution is 0.142. The second-order valence-corrected chi connectivity index (χ2v) is 4.20. The number of hydrogen-bond donors (Lipinski definition) is 2. The summed E-state index contributed by atoms with van der Waals surface area (Å²) < 4.78 is 0. The molecule has 6 nitrogen and oxygen atoms in total. The van der Waals surface area contributed by atoms with E-state index in [0.717, 1.165) is 18.8 Å². The maximum absolute atomic E-state index is 10.9. The van der Waals surface area contributed by atoms with Crippen LogP contribution < -0.4 is 10.6 Å². The summed E-state index contributed by atoms with van der Waals surface area (Å²) >= 11 is 0. The Morgan fingerprint density at radius 2 is 2.41 bits per heavy atom. The highest BCUT2D eigenvalue weighted by Crippen LogP contribution is 2.21. The molecule has 2 rings (SSSR count). The third-order valence-corrected chi connectivity index (χ3v) is 3.09. The average molecular weight is 236 g/mol. The number of amides is 1. The number of nitrogen functional groups attached to an aromatic ring is 1. The minimum absolute atomic E-state index is 0.0238. The number of carboxylic acid groups (broad SMARTS) is 1. The van der Waals surface area contributed by atoms with Crippen molar-refractivity contribution in [2.75, 3.05) is 30.8 Å². The zero-order valence-electron chi connectivity index (χ0n) is 9.71. The molecule has 1 atom stereocenters. The highest BCUT2D eigenvalue weighted by Gasteiger charge is 2.28. The van der Waals surface area contributed by atoms with Crippen LogP contribution in [-0.4, -0.2) is 47.3 Å². The van der Waals surface area contributed by atoms with Crippen LogP contribution in [0.4, 0.5) is 16.4 Å². The number of nitrogens with two attached hydrogens (primary N) is 1. The summed E-state index contributed by atoms with van der Waals surface area (Å²) in [6.45, 7) is 1.47. The second kappa shape index (κ2) is 4.48. The Labute approximate surface area is 99.7 Å². The summed E-state index contributed by atoms with van der Waals surface area (Å²) in [5.41, 5.74) is 5.63. The molecular formula is C11H16N4O2. The lowest BCUT2D eigenvalue weighted by atomic mass is 10.2. The van der Waals surface area contributed by atoms with Gasteiger partial charge in [-0.1, -0.05) is 6.07 Å². The number of anilines is 2. The molecule has 92 valence electrons. The summed E-state index contributed by atoms with van der Waals surface area (Å²) in [7, 11) is 1.60. The fourth-order valence-electron chi connectivity index (χ4n) is 2.04. The largest absolute Gasteiger partial charge is 0.465 e. The van der Waals surface area contributed by atoms with Gasteiger partial charge in [0.25, 0.3) is 0 Å². The van der Waals surface area contributed by atoms with E-state index in [9.17, 15) is 4.79 Å². The Hall–Kier alpha value is -1.98. The monoisotopic (exact) mass is 236 g/mol. The Morgan fingerprint density at radius 1 is 1.65 bits per heavy atom. The van der Waals surface area contributed by atoms with Crippen molar-refractivity contribution in [3.8, 4) is 0 Å². The molecular weight excluding hydrogens is 220 g/mol. The first-order valence-corrected chi connectivity index (χ1v) is 5.51. The normalized spacial score (nSPS) is 19.4. The van der Waals surface area contributed by atoms with Crippen LogP contribution in [0.25, 0.3) is 0 Å². The summed E-state index contributed by atoms with van der Waals surface area (Å²) in [4.78, 5) is 18.5. The van der Waals surface area contributed by atoms with Gasteiger partial charge in [-0.2, -0.15) is 0 Å². The van der Waals surface area contributed by atoms with Crippen LogP contribution in [0.5, 0.6) is 0 Å². The maximum atomic E-state index is 10.9. The van der Waals surface area contributed by atoms with E-state index in [0.29, 0.717) is 12.4 Å². The molecule has 1 aliphatic rings. The zero-order valence-corrected chi connectivity index (χ0v) is 9.71. The molecule has 0 aromatic carbocycles. The molecule has 1 fully saturated rings. The second-order valence-electron chi connectivity index (χ2n) is 4.20. The third-order valence-electron chi connectivity index (χ3n) is 3.09. The first-order valence-electron chi connectivity index (χ1n) is 5.51. The molecule has 0 spiro atoms. The number of rotatable bonds is 2.